The number of rotatable bonds is 10. The second kappa shape index (κ2) is 10.1. The molecule has 3 aromatic rings. The topological polar surface area (TPSA) is 91.2 Å². The van der Waals surface area contributed by atoms with Crippen LogP contribution in [0.5, 0.6) is 11.5 Å². The van der Waals surface area contributed by atoms with E-state index < -0.39 is 0 Å². The Morgan fingerprint density at radius 1 is 1.31 bits per heavy atom. The van der Waals surface area contributed by atoms with Gasteiger partial charge in [0.1, 0.15) is 18.1 Å². The molecule has 1 N–H and O–H groups in total. The first-order valence-electron chi connectivity index (χ1n) is 8.73. The summed E-state index contributed by atoms with van der Waals surface area (Å²) in [6, 6.07) is 7.31. The lowest BCUT2D eigenvalue weighted by Gasteiger charge is -2.09. The van der Waals surface area contributed by atoms with Crippen molar-refractivity contribution in [3.63, 3.8) is 0 Å². The van der Waals surface area contributed by atoms with Gasteiger partial charge in [0, 0.05) is 11.9 Å². The number of amides is 1. The number of benzene rings is 1. The highest BCUT2D eigenvalue weighted by Gasteiger charge is 2.15. The van der Waals surface area contributed by atoms with Gasteiger partial charge in [0.15, 0.2) is 16.1 Å². The number of ether oxygens (including phenoxy) is 2. The Bertz CT molecular complexity index is 969. The van der Waals surface area contributed by atoms with Gasteiger partial charge in [-0.05, 0) is 31.2 Å². The predicted molar refractivity (Wildman–Crippen MR) is 114 cm³/mol. The predicted octanol–water partition coefficient (Wildman–Crippen LogP) is 3.55. The molecule has 0 saturated carbocycles. The van der Waals surface area contributed by atoms with E-state index in [1.807, 2.05) is 41.1 Å². The van der Waals surface area contributed by atoms with E-state index in [1.165, 1.54) is 23.1 Å². The van der Waals surface area contributed by atoms with Crippen LogP contribution in [0.1, 0.15) is 11.5 Å². The Labute approximate surface area is 177 Å². The number of thioether (sulfide) groups is 1. The summed E-state index contributed by atoms with van der Waals surface area (Å²) < 4.78 is 12.8. The summed E-state index contributed by atoms with van der Waals surface area (Å²) in [5.74, 6) is 2.17. The zero-order chi connectivity index (χ0) is 20.6. The molecule has 0 aliphatic carbocycles. The number of aromatic nitrogens is 4. The van der Waals surface area contributed by atoms with Crippen molar-refractivity contribution in [1.82, 2.24) is 19.7 Å². The zero-order valence-electron chi connectivity index (χ0n) is 16.1. The smallest absolute Gasteiger partial charge is 0.236 e. The van der Waals surface area contributed by atoms with Crippen LogP contribution in [0.25, 0.3) is 0 Å². The van der Waals surface area contributed by atoms with E-state index in [9.17, 15) is 4.79 Å². The van der Waals surface area contributed by atoms with Gasteiger partial charge in [-0.3, -0.25) is 9.36 Å². The fraction of sp³-hybridized carbons (Fsp3) is 0.263. The van der Waals surface area contributed by atoms with E-state index in [0.29, 0.717) is 28.4 Å². The number of nitrogens with one attached hydrogen (secondary N) is 1. The Morgan fingerprint density at radius 2 is 2.07 bits per heavy atom. The molecule has 1 aromatic carbocycles. The molecule has 0 radical (unpaired) electrons. The van der Waals surface area contributed by atoms with Crippen LogP contribution in [0.4, 0.5) is 5.13 Å². The number of hydrogen-bond acceptors (Lipinski definition) is 8. The molecule has 0 atom stereocenters. The van der Waals surface area contributed by atoms with Gasteiger partial charge < -0.3 is 14.8 Å². The molecule has 8 nitrogen and oxygen atoms in total. The number of carbonyl (C=O) groups excluding carboxylic acids is 1. The first kappa shape index (κ1) is 20.9. The quantitative estimate of drug-likeness (QED) is 0.388. The molecule has 2 aromatic heterocycles. The number of allylic oxidation sites excluding steroid dienone is 1. The molecule has 3 rings (SSSR count). The maximum Gasteiger partial charge on any atom is 0.236 e. The van der Waals surface area contributed by atoms with Gasteiger partial charge in [-0.1, -0.05) is 17.8 Å². The molecule has 152 valence electrons. The van der Waals surface area contributed by atoms with E-state index in [2.05, 4.69) is 27.1 Å². The van der Waals surface area contributed by atoms with Gasteiger partial charge >= 0.3 is 0 Å². The Hall–Kier alpha value is -2.85. The van der Waals surface area contributed by atoms with Crippen molar-refractivity contribution in [2.45, 2.75) is 25.2 Å². The summed E-state index contributed by atoms with van der Waals surface area (Å²) in [6.07, 6.45) is 1.75. The Balaban J connectivity index is 1.59. The standard InChI is InChI=1S/C19H21N5O3S2/c1-4-9-24-16(10-27-15-7-5-14(26-3)6-8-15)22-23-19(24)29-12-17(25)21-18-20-13(2)11-28-18/h4-8,11H,1,9-10,12H2,2-3H3,(H,20,21,25). The molecule has 2 heterocycles. The molecule has 29 heavy (non-hydrogen) atoms. The van der Waals surface area contributed by atoms with E-state index >= 15 is 0 Å². The summed E-state index contributed by atoms with van der Waals surface area (Å²) in [5.41, 5.74) is 0.880. The maximum atomic E-state index is 12.2. The summed E-state index contributed by atoms with van der Waals surface area (Å²) in [5, 5.41) is 14.3. The molecular formula is C19H21N5O3S2. The third kappa shape index (κ3) is 5.81. The van der Waals surface area contributed by atoms with Crippen LogP contribution in [0.15, 0.2) is 47.5 Å². The fourth-order valence-corrected chi connectivity index (χ4v) is 3.83. The Kier molecular flexibility index (Phi) is 7.25. The molecule has 0 fully saturated rings. The molecule has 10 heteroatoms. The summed E-state index contributed by atoms with van der Waals surface area (Å²) in [4.78, 5) is 16.4. The van der Waals surface area contributed by atoms with Crippen molar-refractivity contribution in [3.05, 3.63) is 53.8 Å². The third-order valence-corrected chi connectivity index (χ3v) is 5.57. The van der Waals surface area contributed by atoms with Crippen LogP contribution >= 0.6 is 23.1 Å². The van der Waals surface area contributed by atoms with Gasteiger partial charge in [0.2, 0.25) is 5.91 Å². The van der Waals surface area contributed by atoms with Gasteiger partial charge in [0.05, 0.1) is 18.6 Å². The molecular weight excluding hydrogens is 410 g/mol. The number of carbonyl (C=O) groups is 1. The lowest BCUT2D eigenvalue weighted by Crippen LogP contribution is -2.15. The summed E-state index contributed by atoms with van der Waals surface area (Å²) in [7, 11) is 1.62. The SMILES string of the molecule is C=CCn1c(COc2ccc(OC)cc2)nnc1SCC(=O)Nc1nc(C)cs1. The minimum absolute atomic E-state index is 0.145. The fourth-order valence-electron chi connectivity index (χ4n) is 2.36. The monoisotopic (exact) mass is 431 g/mol. The molecule has 1 amide bonds. The summed E-state index contributed by atoms with van der Waals surface area (Å²) >= 11 is 2.70. The highest BCUT2D eigenvalue weighted by molar-refractivity contribution is 7.99. The third-order valence-electron chi connectivity index (χ3n) is 3.73. The molecule has 0 spiro atoms. The largest absolute Gasteiger partial charge is 0.497 e. The maximum absolute atomic E-state index is 12.2. The van der Waals surface area contributed by atoms with Crippen molar-refractivity contribution in [2.75, 3.05) is 18.2 Å². The van der Waals surface area contributed by atoms with Crippen LogP contribution in [0.3, 0.4) is 0 Å². The van der Waals surface area contributed by atoms with Gasteiger partial charge in [-0.25, -0.2) is 4.98 Å². The normalized spacial score (nSPS) is 10.6. The van der Waals surface area contributed by atoms with Crippen molar-refractivity contribution >= 4 is 34.1 Å². The molecule has 0 aliphatic heterocycles. The first-order valence-corrected chi connectivity index (χ1v) is 10.6. The zero-order valence-corrected chi connectivity index (χ0v) is 17.8. The number of methoxy groups -OCH3 is 1. The van der Waals surface area contributed by atoms with Crippen LogP contribution in [0.2, 0.25) is 0 Å². The highest BCUT2D eigenvalue weighted by Crippen LogP contribution is 2.21. The number of aryl methyl sites for hydroxylation is 1. The van der Waals surface area contributed by atoms with Crippen molar-refractivity contribution in [2.24, 2.45) is 0 Å². The van der Waals surface area contributed by atoms with Crippen molar-refractivity contribution in [3.8, 4) is 11.5 Å². The molecule has 0 saturated heterocycles. The van der Waals surface area contributed by atoms with Crippen LogP contribution in [0, 0.1) is 6.92 Å². The molecule has 0 unspecified atom stereocenters. The Morgan fingerprint density at radius 3 is 2.72 bits per heavy atom. The summed E-state index contributed by atoms with van der Waals surface area (Å²) in [6.45, 7) is 6.43. The average Bonchev–Trinajstić information content (AvgIpc) is 3.31. The molecule has 0 bridgehead atoms. The van der Waals surface area contributed by atoms with Gasteiger partial charge in [0.25, 0.3) is 0 Å². The van der Waals surface area contributed by atoms with E-state index in [0.717, 1.165) is 11.4 Å². The van der Waals surface area contributed by atoms with Crippen molar-refractivity contribution in [1.29, 1.82) is 0 Å². The van der Waals surface area contributed by atoms with E-state index in [-0.39, 0.29) is 18.3 Å². The number of thiazole rings is 1. The second-order valence-electron chi connectivity index (χ2n) is 5.89. The van der Waals surface area contributed by atoms with Gasteiger partial charge in [-0.15, -0.1) is 28.1 Å². The number of anilines is 1. The average molecular weight is 432 g/mol. The number of nitrogens with zero attached hydrogens (tertiary/aromatic N) is 4. The highest BCUT2D eigenvalue weighted by atomic mass is 32.2. The first-order chi connectivity index (χ1) is 14.1. The van der Waals surface area contributed by atoms with Crippen LogP contribution < -0.4 is 14.8 Å². The van der Waals surface area contributed by atoms with Gasteiger partial charge in [-0.2, -0.15) is 0 Å². The minimum atomic E-state index is -0.145. The number of hydrogen-bond donors (Lipinski definition) is 1. The minimum Gasteiger partial charge on any atom is -0.497 e. The lowest BCUT2D eigenvalue weighted by molar-refractivity contribution is -0.113. The van der Waals surface area contributed by atoms with Crippen LogP contribution in [-0.2, 0) is 17.9 Å². The van der Waals surface area contributed by atoms with E-state index in [4.69, 9.17) is 9.47 Å². The van der Waals surface area contributed by atoms with E-state index in [1.54, 1.807) is 13.2 Å². The molecule has 0 aliphatic rings. The lowest BCUT2D eigenvalue weighted by atomic mass is 10.3. The van der Waals surface area contributed by atoms with Crippen molar-refractivity contribution < 1.29 is 14.3 Å². The van der Waals surface area contributed by atoms with Crippen LogP contribution in [-0.4, -0.2) is 38.5 Å². The second-order valence-corrected chi connectivity index (χ2v) is 7.69.